The lowest BCUT2D eigenvalue weighted by Gasteiger charge is -2.46. The number of aryl methyl sites for hydroxylation is 1. The van der Waals surface area contributed by atoms with Crippen molar-refractivity contribution in [2.24, 2.45) is 11.8 Å². The molecular formula is C50H50N2. The van der Waals surface area contributed by atoms with Crippen molar-refractivity contribution in [2.45, 2.75) is 76.8 Å². The molecule has 0 bridgehead atoms. The van der Waals surface area contributed by atoms with Gasteiger partial charge in [0.15, 0.2) is 0 Å². The monoisotopic (exact) mass is 678 g/mol. The van der Waals surface area contributed by atoms with Gasteiger partial charge in [-0.1, -0.05) is 141 Å². The van der Waals surface area contributed by atoms with E-state index in [0.717, 1.165) is 19.3 Å². The summed E-state index contributed by atoms with van der Waals surface area (Å²) >= 11 is 0. The fraction of sp³-hybridized carbons (Fsp3) is 0.280. The van der Waals surface area contributed by atoms with Gasteiger partial charge in [0.25, 0.3) is 0 Å². The SMILES string of the molecule is CC1CC(c2ccccc2)=CC=C1N(C1C=CC(c2ccc(-n3c4c(c5ccccc53)CCCC4)cc2)CC1)C1C=CC(c2ccccc2)=CC1C. The van der Waals surface area contributed by atoms with Crippen molar-refractivity contribution < 1.29 is 0 Å². The van der Waals surface area contributed by atoms with E-state index in [0.29, 0.717) is 29.8 Å². The predicted molar refractivity (Wildman–Crippen MR) is 219 cm³/mol. The summed E-state index contributed by atoms with van der Waals surface area (Å²) in [4.78, 5) is 2.79. The molecule has 0 fully saturated rings. The normalized spacial score (nSPS) is 24.2. The van der Waals surface area contributed by atoms with Crippen molar-refractivity contribution in [2.75, 3.05) is 0 Å². The molecule has 1 heterocycles. The van der Waals surface area contributed by atoms with Gasteiger partial charge in [-0.2, -0.15) is 0 Å². The summed E-state index contributed by atoms with van der Waals surface area (Å²) < 4.78 is 2.55. The van der Waals surface area contributed by atoms with Crippen LogP contribution in [0.3, 0.4) is 0 Å². The smallest absolute Gasteiger partial charge is 0.0539 e. The van der Waals surface area contributed by atoms with Gasteiger partial charge < -0.3 is 9.47 Å². The second kappa shape index (κ2) is 14.2. The molecule has 4 aromatic carbocycles. The lowest BCUT2D eigenvalue weighted by Crippen LogP contribution is -2.46. The molecule has 9 rings (SSSR count). The maximum absolute atomic E-state index is 2.79. The molecule has 0 amide bonds. The number of para-hydroxylation sites is 1. The molecule has 2 heteroatoms. The Morgan fingerprint density at radius 2 is 1.40 bits per heavy atom. The van der Waals surface area contributed by atoms with E-state index in [1.807, 2.05) is 0 Å². The number of hydrogen-bond donors (Lipinski definition) is 0. The van der Waals surface area contributed by atoms with Gasteiger partial charge in [-0.15, -0.1) is 0 Å². The third kappa shape index (κ3) is 6.13. The van der Waals surface area contributed by atoms with Crippen molar-refractivity contribution in [3.8, 4) is 5.69 Å². The summed E-state index contributed by atoms with van der Waals surface area (Å²) in [6.45, 7) is 4.84. The molecule has 260 valence electrons. The molecule has 2 nitrogen and oxygen atoms in total. The maximum atomic E-state index is 2.79. The van der Waals surface area contributed by atoms with E-state index in [-0.39, 0.29) is 0 Å². The Hall–Kier alpha value is -5.08. The Morgan fingerprint density at radius 1 is 0.673 bits per heavy atom. The Balaban J connectivity index is 1.00. The first-order chi connectivity index (χ1) is 25.6. The minimum absolute atomic E-state index is 0.306. The predicted octanol–water partition coefficient (Wildman–Crippen LogP) is 12.3. The van der Waals surface area contributed by atoms with Crippen LogP contribution in [0, 0.1) is 11.8 Å². The number of fused-ring (bicyclic) bond motifs is 3. The van der Waals surface area contributed by atoms with Crippen LogP contribution in [-0.4, -0.2) is 21.6 Å². The molecule has 4 aliphatic carbocycles. The molecule has 1 aromatic heterocycles. The number of rotatable bonds is 7. The van der Waals surface area contributed by atoms with Gasteiger partial charge in [0.05, 0.1) is 11.6 Å². The standard InChI is InChI=1S/C50H50N2/c1-35-33-41(37-13-5-3-6-14-37)25-31-47(35)51(48-32-26-42(34-36(48)2)38-15-7-4-8-16-38)43-27-21-39(22-28-43)40-23-29-44(30-24-40)52-49-19-11-9-17-45(49)46-18-10-12-20-50(46)52/h3-9,11,13-17,19,21,23-27,29-33,35-36,39,43,47H,10,12,18,20,22,28,34H2,1-2H3. The topological polar surface area (TPSA) is 8.17 Å². The molecule has 0 spiro atoms. The first-order valence-electron chi connectivity index (χ1n) is 19.7. The van der Waals surface area contributed by atoms with Crippen molar-refractivity contribution >= 4 is 22.0 Å². The van der Waals surface area contributed by atoms with Crippen molar-refractivity contribution in [3.63, 3.8) is 0 Å². The average molecular weight is 679 g/mol. The molecule has 5 unspecified atom stereocenters. The van der Waals surface area contributed by atoms with Gasteiger partial charge in [-0.25, -0.2) is 0 Å². The van der Waals surface area contributed by atoms with Gasteiger partial charge in [0.2, 0.25) is 0 Å². The van der Waals surface area contributed by atoms with Crippen LogP contribution in [0.1, 0.15) is 79.8 Å². The fourth-order valence-electron chi connectivity index (χ4n) is 9.60. The number of nitrogens with zero attached hydrogens (tertiary/aromatic N) is 2. The Labute approximate surface area is 310 Å². The average Bonchev–Trinajstić information content (AvgIpc) is 3.54. The van der Waals surface area contributed by atoms with E-state index in [4.69, 9.17) is 0 Å². The Bertz CT molecular complexity index is 2210. The first-order valence-corrected chi connectivity index (χ1v) is 19.7. The van der Waals surface area contributed by atoms with Gasteiger partial charge >= 0.3 is 0 Å². The van der Waals surface area contributed by atoms with Gasteiger partial charge in [0.1, 0.15) is 0 Å². The van der Waals surface area contributed by atoms with Crippen LogP contribution < -0.4 is 0 Å². The number of hydrogen-bond acceptors (Lipinski definition) is 1. The highest BCUT2D eigenvalue weighted by Crippen LogP contribution is 2.41. The van der Waals surface area contributed by atoms with Crippen LogP contribution in [-0.2, 0) is 12.8 Å². The van der Waals surface area contributed by atoms with Gasteiger partial charge in [-0.05, 0) is 109 Å². The van der Waals surface area contributed by atoms with Crippen molar-refractivity contribution in [1.29, 1.82) is 0 Å². The zero-order valence-corrected chi connectivity index (χ0v) is 30.7. The first kappa shape index (κ1) is 32.8. The minimum Gasteiger partial charge on any atom is -0.361 e. The molecular weight excluding hydrogens is 629 g/mol. The molecule has 5 aromatic rings. The number of aromatic nitrogens is 1. The largest absolute Gasteiger partial charge is 0.361 e. The van der Waals surface area contributed by atoms with Crippen molar-refractivity contribution in [3.05, 3.63) is 185 Å². The lowest BCUT2D eigenvalue weighted by molar-refractivity contribution is 0.179. The fourth-order valence-corrected chi connectivity index (χ4v) is 9.60. The number of allylic oxidation sites excluding steroid dienone is 7. The van der Waals surface area contributed by atoms with E-state index >= 15 is 0 Å². The van der Waals surface area contributed by atoms with Crippen LogP contribution >= 0.6 is 0 Å². The van der Waals surface area contributed by atoms with Crippen LogP contribution in [0.25, 0.3) is 27.7 Å². The molecule has 0 radical (unpaired) electrons. The van der Waals surface area contributed by atoms with E-state index in [9.17, 15) is 0 Å². The van der Waals surface area contributed by atoms with Gasteiger partial charge in [-0.3, -0.25) is 0 Å². The van der Waals surface area contributed by atoms with Crippen LogP contribution in [0.5, 0.6) is 0 Å². The summed E-state index contributed by atoms with van der Waals surface area (Å²) in [5.74, 6) is 1.27. The van der Waals surface area contributed by atoms with E-state index in [2.05, 4.69) is 175 Å². The summed E-state index contributed by atoms with van der Waals surface area (Å²) in [7, 11) is 0. The van der Waals surface area contributed by atoms with Crippen LogP contribution in [0.15, 0.2) is 157 Å². The summed E-state index contributed by atoms with van der Waals surface area (Å²) in [5, 5.41) is 1.44. The molecule has 4 aliphatic rings. The third-order valence-electron chi connectivity index (χ3n) is 12.3. The second-order valence-corrected chi connectivity index (χ2v) is 15.6. The summed E-state index contributed by atoms with van der Waals surface area (Å²) in [6, 6.07) is 41.0. The molecule has 0 saturated carbocycles. The van der Waals surface area contributed by atoms with E-state index in [1.165, 1.54) is 81.5 Å². The van der Waals surface area contributed by atoms with Gasteiger partial charge in [0, 0.05) is 40.3 Å². The quantitative estimate of drug-likeness (QED) is 0.156. The Kier molecular flexibility index (Phi) is 8.93. The minimum atomic E-state index is 0.306. The Morgan fingerprint density at radius 3 is 2.13 bits per heavy atom. The summed E-state index contributed by atoms with van der Waals surface area (Å²) in [5.41, 5.74) is 14.1. The highest BCUT2D eigenvalue weighted by atomic mass is 15.2. The lowest BCUT2D eigenvalue weighted by atomic mass is 9.81. The molecule has 0 saturated heterocycles. The number of benzene rings is 4. The zero-order chi connectivity index (χ0) is 35.0. The highest BCUT2D eigenvalue weighted by molar-refractivity contribution is 5.87. The summed E-state index contributed by atoms with van der Waals surface area (Å²) in [6.07, 6.45) is 25.6. The maximum Gasteiger partial charge on any atom is 0.0539 e. The highest BCUT2D eigenvalue weighted by Gasteiger charge is 2.35. The van der Waals surface area contributed by atoms with E-state index < -0.39 is 0 Å². The zero-order valence-electron chi connectivity index (χ0n) is 30.7. The molecule has 0 aliphatic heterocycles. The second-order valence-electron chi connectivity index (χ2n) is 15.6. The third-order valence-corrected chi connectivity index (χ3v) is 12.3. The molecule has 0 N–H and O–H groups in total. The van der Waals surface area contributed by atoms with Crippen LogP contribution in [0.4, 0.5) is 0 Å². The van der Waals surface area contributed by atoms with Crippen molar-refractivity contribution in [1.82, 2.24) is 9.47 Å². The van der Waals surface area contributed by atoms with Crippen LogP contribution in [0.2, 0.25) is 0 Å². The molecule has 52 heavy (non-hydrogen) atoms. The van der Waals surface area contributed by atoms with E-state index in [1.54, 1.807) is 5.56 Å². The molecule has 5 atom stereocenters.